The Balaban J connectivity index is 1.43. The van der Waals surface area contributed by atoms with Crippen LogP contribution in [0.3, 0.4) is 0 Å². The fourth-order valence-electron chi connectivity index (χ4n) is 3.64. The third-order valence-corrected chi connectivity index (χ3v) is 4.95. The Morgan fingerprint density at radius 1 is 0.917 bits per heavy atom. The van der Waals surface area contributed by atoms with Crippen molar-refractivity contribution in [2.45, 2.75) is 51.1 Å². The maximum Gasteiger partial charge on any atom is 0.149 e. The van der Waals surface area contributed by atoms with E-state index in [1.807, 2.05) is 6.07 Å². The third kappa shape index (κ3) is 4.78. The summed E-state index contributed by atoms with van der Waals surface area (Å²) in [6.45, 7) is 1.95. The molecule has 0 spiro atoms. The van der Waals surface area contributed by atoms with Crippen LogP contribution >= 0.6 is 0 Å². The number of rotatable bonds is 8. The highest BCUT2D eigenvalue weighted by molar-refractivity contribution is 5.84. The van der Waals surface area contributed by atoms with Crippen molar-refractivity contribution in [1.29, 1.82) is 0 Å². The summed E-state index contributed by atoms with van der Waals surface area (Å²) in [6.07, 6.45) is 6.08. The minimum atomic E-state index is 0.141. The lowest BCUT2D eigenvalue weighted by Gasteiger charge is -2.23. The van der Waals surface area contributed by atoms with E-state index in [0.29, 0.717) is 5.78 Å². The Morgan fingerprint density at radius 2 is 1.58 bits per heavy atom. The van der Waals surface area contributed by atoms with Crippen molar-refractivity contribution in [3.63, 3.8) is 0 Å². The molecule has 1 unspecified atom stereocenters. The van der Waals surface area contributed by atoms with Gasteiger partial charge in [-0.05, 0) is 49.8 Å². The molecule has 1 atom stereocenters. The van der Waals surface area contributed by atoms with Gasteiger partial charge < -0.3 is 0 Å². The molecular weight excluding hydrogens is 294 g/mol. The molecule has 126 valence electrons. The van der Waals surface area contributed by atoms with Gasteiger partial charge in [0, 0.05) is 13.0 Å². The van der Waals surface area contributed by atoms with Crippen LogP contribution in [-0.4, -0.2) is 23.3 Å². The first-order valence-electron chi connectivity index (χ1n) is 9.17. The summed E-state index contributed by atoms with van der Waals surface area (Å²) >= 11 is 0. The van der Waals surface area contributed by atoms with Crippen molar-refractivity contribution in [3.8, 4) is 0 Å². The Hall–Kier alpha value is -1.93. The Kier molecular flexibility index (Phi) is 6.20. The standard InChI is InChI=1S/C22H27NO/c24-22(16-8-7-12-19-10-3-1-4-11-19)21-15-9-17-23(21)18-20-13-5-2-6-14-20/h1-6,10-11,13-14,21H,7-9,12,15-18H2. The minimum absolute atomic E-state index is 0.141. The van der Waals surface area contributed by atoms with Crippen LogP contribution in [-0.2, 0) is 17.8 Å². The average molecular weight is 321 g/mol. The summed E-state index contributed by atoms with van der Waals surface area (Å²) in [4.78, 5) is 15.0. The molecule has 0 bridgehead atoms. The van der Waals surface area contributed by atoms with E-state index in [2.05, 4.69) is 59.5 Å². The van der Waals surface area contributed by atoms with Crippen molar-refractivity contribution >= 4 is 5.78 Å². The highest BCUT2D eigenvalue weighted by atomic mass is 16.1. The van der Waals surface area contributed by atoms with Gasteiger partial charge in [-0.15, -0.1) is 0 Å². The van der Waals surface area contributed by atoms with Gasteiger partial charge in [-0.3, -0.25) is 9.69 Å². The fraction of sp³-hybridized carbons (Fsp3) is 0.409. The van der Waals surface area contributed by atoms with Crippen LogP contribution in [0, 0.1) is 0 Å². The van der Waals surface area contributed by atoms with Gasteiger partial charge in [0.1, 0.15) is 5.78 Å². The molecular formula is C22H27NO. The predicted octanol–water partition coefficient (Wildman–Crippen LogP) is 4.63. The molecule has 2 nitrogen and oxygen atoms in total. The topological polar surface area (TPSA) is 20.3 Å². The van der Waals surface area contributed by atoms with E-state index < -0.39 is 0 Å². The zero-order valence-electron chi connectivity index (χ0n) is 14.4. The van der Waals surface area contributed by atoms with E-state index in [4.69, 9.17) is 0 Å². The van der Waals surface area contributed by atoms with Crippen LogP contribution in [0.25, 0.3) is 0 Å². The van der Waals surface area contributed by atoms with E-state index in [0.717, 1.165) is 51.6 Å². The highest BCUT2D eigenvalue weighted by Crippen LogP contribution is 2.22. The van der Waals surface area contributed by atoms with Crippen LogP contribution in [0.5, 0.6) is 0 Å². The Morgan fingerprint density at radius 3 is 2.29 bits per heavy atom. The van der Waals surface area contributed by atoms with Crippen LogP contribution in [0.4, 0.5) is 0 Å². The van der Waals surface area contributed by atoms with Gasteiger partial charge in [-0.25, -0.2) is 0 Å². The largest absolute Gasteiger partial charge is 0.298 e. The zero-order valence-corrected chi connectivity index (χ0v) is 14.4. The van der Waals surface area contributed by atoms with E-state index in [9.17, 15) is 4.79 Å². The van der Waals surface area contributed by atoms with E-state index in [1.54, 1.807) is 0 Å². The molecule has 2 aromatic carbocycles. The molecule has 2 heteroatoms. The number of benzene rings is 2. The second-order valence-electron chi connectivity index (χ2n) is 6.77. The maximum atomic E-state index is 12.6. The normalized spacial score (nSPS) is 17.9. The number of carbonyl (C=O) groups excluding carboxylic acids is 1. The first-order valence-corrected chi connectivity index (χ1v) is 9.17. The van der Waals surface area contributed by atoms with Crippen molar-refractivity contribution in [2.24, 2.45) is 0 Å². The molecule has 0 amide bonds. The highest BCUT2D eigenvalue weighted by Gasteiger charge is 2.29. The number of ketones is 1. The van der Waals surface area contributed by atoms with Gasteiger partial charge in [0.2, 0.25) is 0 Å². The second-order valence-corrected chi connectivity index (χ2v) is 6.77. The summed E-state index contributed by atoms with van der Waals surface area (Å²) in [6, 6.07) is 21.2. The van der Waals surface area contributed by atoms with Gasteiger partial charge >= 0.3 is 0 Å². The molecule has 24 heavy (non-hydrogen) atoms. The molecule has 1 aliphatic rings. The van der Waals surface area contributed by atoms with Gasteiger partial charge in [0.15, 0.2) is 0 Å². The number of Topliss-reactive ketones (excluding diaryl/α,β-unsaturated/α-hetero) is 1. The molecule has 2 aromatic rings. The summed E-state index contributed by atoms with van der Waals surface area (Å²) in [5.41, 5.74) is 2.68. The molecule has 0 aliphatic carbocycles. The van der Waals surface area contributed by atoms with Crippen LogP contribution in [0.2, 0.25) is 0 Å². The summed E-state index contributed by atoms with van der Waals surface area (Å²) in [7, 11) is 0. The van der Waals surface area contributed by atoms with Crippen LogP contribution < -0.4 is 0 Å². The average Bonchev–Trinajstić information content (AvgIpc) is 3.08. The summed E-state index contributed by atoms with van der Waals surface area (Å²) in [5, 5.41) is 0. The number of aryl methyl sites for hydroxylation is 1. The third-order valence-electron chi connectivity index (χ3n) is 4.95. The monoisotopic (exact) mass is 321 g/mol. The number of hydrogen-bond acceptors (Lipinski definition) is 2. The molecule has 3 rings (SSSR count). The first kappa shape index (κ1) is 16.9. The fourth-order valence-corrected chi connectivity index (χ4v) is 3.64. The SMILES string of the molecule is O=C(CCCCc1ccccc1)C1CCCN1Cc1ccccc1. The first-order chi connectivity index (χ1) is 11.8. The quantitative estimate of drug-likeness (QED) is 0.661. The van der Waals surface area contributed by atoms with E-state index in [1.165, 1.54) is 11.1 Å². The lowest BCUT2D eigenvalue weighted by molar-refractivity contribution is -0.123. The van der Waals surface area contributed by atoms with Crippen molar-refractivity contribution in [2.75, 3.05) is 6.54 Å². The van der Waals surface area contributed by atoms with Gasteiger partial charge in [0.05, 0.1) is 6.04 Å². The lowest BCUT2D eigenvalue weighted by atomic mass is 10.0. The second kappa shape index (κ2) is 8.79. The molecule has 0 saturated carbocycles. The zero-order chi connectivity index (χ0) is 16.6. The minimum Gasteiger partial charge on any atom is -0.298 e. The van der Waals surface area contributed by atoms with E-state index in [-0.39, 0.29) is 6.04 Å². The molecule has 0 aromatic heterocycles. The summed E-state index contributed by atoms with van der Waals surface area (Å²) < 4.78 is 0. The van der Waals surface area contributed by atoms with Gasteiger partial charge in [-0.1, -0.05) is 60.7 Å². The van der Waals surface area contributed by atoms with Crippen LogP contribution in [0.15, 0.2) is 60.7 Å². The molecule has 1 saturated heterocycles. The number of nitrogens with zero attached hydrogens (tertiary/aromatic N) is 1. The molecule has 1 aliphatic heterocycles. The summed E-state index contributed by atoms with van der Waals surface area (Å²) in [5.74, 6) is 0.441. The Bertz CT molecular complexity index is 623. The molecule has 1 fully saturated rings. The van der Waals surface area contributed by atoms with Crippen molar-refractivity contribution in [1.82, 2.24) is 4.90 Å². The van der Waals surface area contributed by atoms with Crippen LogP contribution in [0.1, 0.15) is 43.2 Å². The lowest BCUT2D eigenvalue weighted by Crippen LogP contribution is -2.35. The molecule has 0 N–H and O–H groups in total. The molecule has 1 heterocycles. The maximum absolute atomic E-state index is 12.6. The number of carbonyl (C=O) groups is 1. The Labute approximate surface area is 145 Å². The predicted molar refractivity (Wildman–Crippen MR) is 98.9 cm³/mol. The van der Waals surface area contributed by atoms with Crippen molar-refractivity contribution < 1.29 is 4.79 Å². The number of likely N-dealkylation sites (tertiary alicyclic amines) is 1. The number of unbranched alkanes of at least 4 members (excludes halogenated alkanes) is 1. The number of hydrogen-bond donors (Lipinski definition) is 0. The van der Waals surface area contributed by atoms with Gasteiger partial charge in [0.25, 0.3) is 0 Å². The smallest absolute Gasteiger partial charge is 0.149 e. The van der Waals surface area contributed by atoms with Crippen molar-refractivity contribution in [3.05, 3.63) is 71.8 Å². The molecule has 0 radical (unpaired) electrons. The van der Waals surface area contributed by atoms with E-state index >= 15 is 0 Å². The van der Waals surface area contributed by atoms with Gasteiger partial charge in [-0.2, -0.15) is 0 Å².